The maximum absolute atomic E-state index is 13.1. The van der Waals surface area contributed by atoms with Crippen LogP contribution in [0, 0.1) is 0 Å². The van der Waals surface area contributed by atoms with Crippen molar-refractivity contribution in [3.8, 4) is 17.0 Å². The van der Waals surface area contributed by atoms with Crippen LogP contribution >= 0.6 is 0 Å². The summed E-state index contributed by atoms with van der Waals surface area (Å²) in [5.74, 6) is 2.25. The summed E-state index contributed by atoms with van der Waals surface area (Å²) in [5, 5.41) is 5.16. The molecule has 4 aromatic rings. The van der Waals surface area contributed by atoms with Gasteiger partial charge in [0.1, 0.15) is 28.5 Å². The van der Waals surface area contributed by atoms with Crippen molar-refractivity contribution in [1.82, 2.24) is 20.0 Å². The summed E-state index contributed by atoms with van der Waals surface area (Å²) in [6.45, 7) is 4.61. The van der Waals surface area contributed by atoms with E-state index in [0.29, 0.717) is 43.2 Å². The van der Waals surface area contributed by atoms with Crippen LogP contribution in [0.1, 0.15) is 29.5 Å². The van der Waals surface area contributed by atoms with E-state index in [2.05, 4.69) is 22.0 Å². The first-order valence-corrected chi connectivity index (χ1v) is 11.6. The number of anilines is 1. The van der Waals surface area contributed by atoms with E-state index in [1.165, 1.54) is 0 Å². The van der Waals surface area contributed by atoms with Gasteiger partial charge in [-0.25, -0.2) is 4.98 Å². The molecule has 0 unspecified atom stereocenters. The highest BCUT2D eigenvalue weighted by Gasteiger charge is 2.27. The lowest BCUT2D eigenvalue weighted by atomic mass is 10.1. The number of aryl methyl sites for hydroxylation is 1. The molecule has 0 aliphatic carbocycles. The Hall–Kier alpha value is -3.94. The number of methoxy groups -OCH3 is 1. The molecule has 1 aliphatic heterocycles. The highest BCUT2D eigenvalue weighted by molar-refractivity contribution is 5.98. The van der Waals surface area contributed by atoms with E-state index in [1.54, 1.807) is 13.2 Å². The molecular weight excluding hydrogens is 430 g/mol. The SMILES string of the molecule is CCCc1nc(N2CCN(C(=O)c3cccc(OC)c3)CC2)c2c(-c3ccccc3)noc2n1. The summed E-state index contributed by atoms with van der Waals surface area (Å²) in [6.07, 6.45) is 1.70. The smallest absolute Gasteiger partial charge is 0.263 e. The third kappa shape index (κ3) is 4.19. The van der Waals surface area contributed by atoms with Gasteiger partial charge in [0.2, 0.25) is 0 Å². The van der Waals surface area contributed by atoms with Crippen molar-refractivity contribution in [3.05, 3.63) is 66.0 Å². The quantitative estimate of drug-likeness (QED) is 0.429. The number of hydrogen-bond acceptors (Lipinski definition) is 7. The van der Waals surface area contributed by atoms with Crippen LogP contribution in [0.5, 0.6) is 5.75 Å². The third-order valence-corrected chi connectivity index (χ3v) is 6.07. The van der Waals surface area contributed by atoms with E-state index in [-0.39, 0.29) is 5.91 Å². The maximum Gasteiger partial charge on any atom is 0.263 e. The minimum Gasteiger partial charge on any atom is -0.497 e. The fraction of sp³-hybridized carbons (Fsp3) is 0.308. The Labute approximate surface area is 198 Å². The second-order valence-electron chi connectivity index (χ2n) is 8.30. The lowest BCUT2D eigenvalue weighted by Gasteiger charge is -2.35. The molecule has 1 amide bonds. The molecule has 2 aromatic carbocycles. The second-order valence-corrected chi connectivity index (χ2v) is 8.30. The van der Waals surface area contributed by atoms with Crippen molar-refractivity contribution in [2.45, 2.75) is 19.8 Å². The summed E-state index contributed by atoms with van der Waals surface area (Å²) in [6, 6.07) is 17.2. The third-order valence-electron chi connectivity index (χ3n) is 6.07. The molecule has 0 atom stereocenters. The van der Waals surface area contributed by atoms with Gasteiger partial charge in [-0.15, -0.1) is 0 Å². The van der Waals surface area contributed by atoms with Gasteiger partial charge in [-0.2, -0.15) is 4.98 Å². The number of nitrogens with zero attached hydrogens (tertiary/aromatic N) is 5. The van der Waals surface area contributed by atoms with Crippen molar-refractivity contribution in [2.24, 2.45) is 0 Å². The van der Waals surface area contributed by atoms with Gasteiger partial charge in [0.05, 0.1) is 7.11 Å². The predicted octanol–water partition coefficient (Wildman–Crippen LogP) is 4.21. The Morgan fingerprint density at radius 3 is 2.56 bits per heavy atom. The van der Waals surface area contributed by atoms with E-state index >= 15 is 0 Å². The Kier molecular flexibility index (Phi) is 6.12. The minimum absolute atomic E-state index is 0.00742. The Balaban J connectivity index is 1.44. The first kappa shape index (κ1) is 21.9. The summed E-state index contributed by atoms with van der Waals surface area (Å²) in [7, 11) is 1.60. The standard InChI is InChI=1S/C26H27N5O3/c1-3-8-21-27-24(22-23(29-34-25(22)28-21)18-9-5-4-6-10-18)30-13-15-31(16-14-30)26(32)19-11-7-12-20(17-19)33-2/h4-7,9-12,17H,3,8,13-16H2,1-2H3. The number of piperazine rings is 1. The van der Waals surface area contributed by atoms with E-state index in [9.17, 15) is 4.79 Å². The van der Waals surface area contributed by atoms with Crippen LogP contribution in [0.15, 0.2) is 59.1 Å². The van der Waals surface area contributed by atoms with E-state index in [0.717, 1.165) is 41.1 Å². The van der Waals surface area contributed by atoms with Crippen LogP contribution in [0.3, 0.4) is 0 Å². The molecule has 2 aromatic heterocycles. The number of amides is 1. The highest BCUT2D eigenvalue weighted by atomic mass is 16.5. The first-order chi connectivity index (χ1) is 16.7. The number of carbonyl (C=O) groups excluding carboxylic acids is 1. The number of ether oxygens (including phenoxy) is 1. The van der Waals surface area contributed by atoms with E-state index < -0.39 is 0 Å². The van der Waals surface area contributed by atoms with Crippen LogP contribution in [-0.4, -0.2) is 59.2 Å². The predicted molar refractivity (Wildman–Crippen MR) is 130 cm³/mol. The fourth-order valence-electron chi connectivity index (χ4n) is 4.30. The van der Waals surface area contributed by atoms with Crippen LogP contribution < -0.4 is 9.64 Å². The van der Waals surface area contributed by atoms with Crippen molar-refractivity contribution in [1.29, 1.82) is 0 Å². The van der Waals surface area contributed by atoms with E-state index in [4.69, 9.17) is 14.2 Å². The normalized spacial score (nSPS) is 13.9. The summed E-state index contributed by atoms with van der Waals surface area (Å²) >= 11 is 0. The maximum atomic E-state index is 13.1. The van der Waals surface area contributed by atoms with Crippen LogP contribution in [-0.2, 0) is 6.42 Å². The molecule has 8 nitrogen and oxygen atoms in total. The molecule has 8 heteroatoms. The lowest BCUT2D eigenvalue weighted by Crippen LogP contribution is -2.49. The monoisotopic (exact) mass is 457 g/mol. The van der Waals surface area contributed by atoms with Crippen molar-refractivity contribution in [3.63, 3.8) is 0 Å². The van der Waals surface area contributed by atoms with Crippen molar-refractivity contribution in [2.75, 3.05) is 38.2 Å². The second kappa shape index (κ2) is 9.51. The van der Waals surface area contributed by atoms with Gasteiger partial charge in [0.25, 0.3) is 11.6 Å². The molecule has 0 N–H and O–H groups in total. The van der Waals surface area contributed by atoms with E-state index in [1.807, 2.05) is 53.4 Å². The Morgan fingerprint density at radius 1 is 1.03 bits per heavy atom. The summed E-state index contributed by atoms with van der Waals surface area (Å²) in [5.41, 5.74) is 2.83. The summed E-state index contributed by atoms with van der Waals surface area (Å²) < 4.78 is 10.9. The Morgan fingerprint density at radius 2 is 1.82 bits per heavy atom. The van der Waals surface area contributed by atoms with Gasteiger partial charge in [-0.1, -0.05) is 48.5 Å². The average Bonchev–Trinajstić information content (AvgIpc) is 3.33. The molecule has 1 fully saturated rings. The molecule has 0 spiro atoms. The number of fused-ring (bicyclic) bond motifs is 1. The zero-order chi connectivity index (χ0) is 23.5. The van der Waals surface area contributed by atoms with Gasteiger partial charge >= 0.3 is 0 Å². The molecule has 174 valence electrons. The summed E-state index contributed by atoms with van der Waals surface area (Å²) in [4.78, 5) is 26.7. The zero-order valence-corrected chi connectivity index (χ0v) is 19.4. The molecule has 1 saturated heterocycles. The minimum atomic E-state index is 0.00742. The topological polar surface area (TPSA) is 84.6 Å². The molecule has 5 rings (SSSR count). The highest BCUT2D eigenvalue weighted by Crippen LogP contribution is 2.34. The van der Waals surface area contributed by atoms with Crippen molar-refractivity contribution < 1.29 is 14.1 Å². The number of benzene rings is 2. The Bertz CT molecular complexity index is 1300. The first-order valence-electron chi connectivity index (χ1n) is 11.6. The van der Waals surface area contributed by atoms with Gasteiger partial charge < -0.3 is 19.1 Å². The van der Waals surface area contributed by atoms with Crippen LogP contribution in [0.25, 0.3) is 22.4 Å². The van der Waals surface area contributed by atoms with Gasteiger partial charge in [-0.3, -0.25) is 4.79 Å². The fourth-order valence-corrected chi connectivity index (χ4v) is 4.30. The average molecular weight is 458 g/mol. The molecule has 0 saturated carbocycles. The van der Waals surface area contributed by atoms with Crippen LogP contribution in [0.2, 0.25) is 0 Å². The molecule has 34 heavy (non-hydrogen) atoms. The van der Waals surface area contributed by atoms with Crippen LogP contribution in [0.4, 0.5) is 5.82 Å². The molecule has 0 radical (unpaired) electrons. The largest absolute Gasteiger partial charge is 0.497 e. The molecular formula is C26H27N5O3. The molecule has 1 aliphatic rings. The van der Waals surface area contributed by atoms with Gasteiger partial charge in [0.15, 0.2) is 0 Å². The molecule has 0 bridgehead atoms. The van der Waals surface area contributed by atoms with Crippen molar-refractivity contribution >= 4 is 22.8 Å². The number of rotatable bonds is 6. The van der Waals surface area contributed by atoms with Gasteiger partial charge in [0, 0.05) is 43.7 Å². The number of hydrogen-bond donors (Lipinski definition) is 0. The van der Waals surface area contributed by atoms with Gasteiger partial charge in [-0.05, 0) is 24.6 Å². The number of carbonyl (C=O) groups is 1. The molecule has 3 heterocycles. The number of aromatic nitrogens is 3. The zero-order valence-electron chi connectivity index (χ0n) is 19.4. The lowest BCUT2D eigenvalue weighted by molar-refractivity contribution is 0.0746.